The maximum atomic E-state index is 13.5. The molecule has 12 rings (SSSR count). The molecule has 52 heteroatoms. The van der Waals surface area contributed by atoms with Gasteiger partial charge in [-0.15, -0.1) is 53.3 Å². The van der Waals surface area contributed by atoms with Crippen LogP contribution in [0.15, 0.2) is 51.7 Å². The summed E-state index contributed by atoms with van der Waals surface area (Å²) in [6.45, 7) is 27.7. The number of aliphatic carboxylic acids is 1. The Kier molecular flexibility index (Phi) is 33.6. The number of ether oxygens (including phenoxy) is 13. The van der Waals surface area contributed by atoms with Crippen molar-refractivity contribution in [1.82, 2.24) is 73.5 Å². The van der Waals surface area contributed by atoms with Gasteiger partial charge in [-0.25, -0.2) is 63.5 Å². The molecule has 3 saturated heterocycles. The number of imidazole rings is 3. The molecule has 3 aliphatic rings. The Bertz CT molecular complexity index is 5900. The van der Waals surface area contributed by atoms with Crippen LogP contribution in [-0.2, 0) is 85.6 Å². The predicted octanol–water partition coefficient (Wildman–Crippen LogP) is 9.73. The number of nitrogen functional groups attached to an aromatic ring is 1. The number of halogens is 3. The quantitative estimate of drug-likeness (QED) is 0.00801. The number of aliphatic hydroxyl groups is 3. The Hall–Kier alpha value is -12.2. The number of aliphatic hydroxyl groups excluding tert-OH is 2. The molecule has 133 heavy (non-hydrogen) atoms. The Morgan fingerprint density at radius 1 is 0.564 bits per heavy atom. The number of rotatable bonds is 22. The molecule has 46 nitrogen and oxygen atoms in total. The lowest BCUT2D eigenvalue weighted by Gasteiger charge is -2.30. The van der Waals surface area contributed by atoms with Crippen LogP contribution in [0.4, 0.5) is 36.6 Å². The summed E-state index contributed by atoms with van der Waals surface area (Å²) in [5.41, 5.74) is 11.1. The van der Waals surface area contributed by atoms with Crippen LogP contribution >= 0.6 is 68.8 Å². The molecule has 0 saturated carbocycles. The zero-order chi connectivity index (χ0) is 98.7. The van der Waals surface area contributed by atoms with Crippen LogP contribution in [0, 0.1) is 47.9 Å². The first kappa shape index (κ1) is 104. The molecule has 14 atom stereocenters. The van der Waals surface area contributed by atoms with Gasteiger partial charge in [0, 0.05) is 30.0 Å². The Morgan fingerprint density at radius 2 is 0.947 bits per heavy atom. The van der Waals surface area contributed by atoms with Crippen LogP contribution in [0.1, 0.15) is 173 Å². The largest absolute Gasteiger partial charge is 0.479 e. The zero-order valence-electron chi connectivity index (χ0n) is 74.5. The number of hydrogen-bond donors (Lipinski definition) is 5. The van der Waals surface area contributed by atoms with E-state index in [1.807, 2.05) is 0 Å². The van der Waals surface area contributed by atoms with Gasteiger partial charge < -0.3 is 93.3 Å². The fraction of sp³-hybridized carbons (Fsp3) is 0.506. The van der Waals surface area contributed by atoms with Gasteiger partial charge in [0.1, 0.15) is 52.3 Å². The number of imide groups is 2. The highest BCUT2D eigenvalue weighted by Crippen LogP contribution is 2.49. The number of carboxylic acids is 1. The number of aromatic nitrogens is 15. The fourth-order valence-electron chi connectivity index (χ4n) is 12.8. The number of carboxylic acid groups (broad SMARTS) is 1. The van der Waals surface area contributed by atoms with Crippen molar-refractivity contribution in [2.24, 2.45) is 10.8 Å². The number of anilines is 3. The number of nitrogens with zero attached hydrogens (tertiary/aromatic N) is 19. The first-order valence-corrected chi connectivity index (χ1v) is 43.6. The first-order valence-electron chi connectivity index (χ1n) is 39.7. The van der Waals surface area contributed by atoms with Crippen LogP contribution in [-0.4, -0.2) is 256 Å². The van der Waals surface area contributed by atoms with E-state index in [1.54, 1.807) is 133 Å². The van der Waals surface area contributed by atoms with Crippen molar-refractivity contribution in [3.8, 4) is 37.0 Å². The second-order valence-electron chi connectivity index (χ2n) is 33.0. The number of fused-ring (bicyclic) bond motifs is 3. The summed E-state index contributed by atoms with van der Waals surface area (Å²) in [5.74, 6) is 2.80. The Labute approximate surface area is 785 Å². The summed E-state index contributed by atoms with van der Waals surface area (Å²) in [7, 11) is 0. The van der Waals surface area contributed by atoms with Gasteiger partial charge in [0.2, 0.25) is 15.9 Å². The third kappa shape index (κ3) is 24.4. The zero-order valence-corrected chi connectivity index (χ0v) is 79.2. The molecular weight excluding hydrogens is 1870 g/mol. The summed E-state index contributed by atoms with van der Waals surface area (Å²) >= 11 is 22.3. The van der Waals surface area contributed by atoms with Gasteiger partial charge in [-0.05, 0) is 146 Å². The van der Waals surface area contributed by atoms with Gasteiger partial charge in [0.25, 0.3) is 0 Å². The van der Waals surface area contributed by atoms with Crippen LogP contribution < -0.4 is 15.5 Å². The number of amides is 4. The molecule has 712 valence electrons. The lowest BCUT2D eigenvalue weighted by atomic mass is 9.81. The fourth-order valence-corrected chi connectivity index (χ4v) is 15.0. The highest BCUT2D eigenvalue weighted by Gasteiger charge is 2.60. The number of esters is 4. The standard InChI is InChI=1S/C32H39ClN6O10S.C25H32ClN5O8.C17H15ClN6O6S.C7H7N3O2S/c1-11-32(10)19(13-45-21(26(41)44-12-2)18-14-50-16-35-18)47-25(22(32)46-17(3)40)38-15-34-20-23(38)36-27(33)37-24(20)39(28(42)48-30(4,5)6)29(43)49-31(7,8)9;1-10-25(9)14(11-32)37-19(16(25)36-13(2)33)30-12-27-15-17(30)28-20(26)29-18(15)31(21(34)38-23(3,4)5)22(35)39-24(6,7)8;1-2-17(28)8(3-29-10(15(26)27)7-4-31-6-21-7)30-14(11(17)25)24-5-20-9-12(19)22-16(18)23-13(9)24;1-2-12-7(11)6(10-8)5-3-13-4-9-5/h1,14-16,19,21-22,25H,12-13H2,2-10H3;1,12,14,16,19,32H,11H2,2-9H3;1,4-6,8,10-11,14,25,28H,3H2,(H,26,27)(H2,19,22,23);3-4H,2H2,1H3/t19-,21?,22+,25-,32+;14-,16+,19-,25+;8-,10?,11+,14-,17-;/m111./s1. The van der Waals surface area contributed by atoms with Gasteiger partial charge >= 0.3 is 59.9 Å². The number of terminal acetylenes is 3. The molecule has 3 fully saturated rings. The normalized spacial score (nSPS) is 21.9. The van der Waals surface area contributed by atoms with Crippen LogP contribution in [0.2, 0.25) is 15.9 Å². The molecule has 4 amide bonds. The SMILES string of the molecule is C#C[C@@]1(C)[C@@H](CO)O[C@@H](n2cnc3c(N(C(=O)OC(C)(C)C)C(=O)OC(C)(C)C)nc(Cl)nc32)[C@@H]1OC(C)=O.C#C[C@@]1(C)[C@@H](COC(C(=O)OCC)c2cscn2)O[C@@H](n2cnc3c(N(C(=O)OC(C)(C)C)C(=O)OC(C)(C)C)nc(Cl)nc32)[C@@H]1OC(C)=O.C#C[C@@]1(O)[C@@H](COC(C(=O)O)c2cscn2)O[C@@H](n2cnc3c(N)nc(Cl)nc32)[C@@H]1O.CCOC(=O)C(=[N+]=[N-])c1cscn1. The maximum Gasteiger partial charge on any atom is 0.425 e. The van der Waals surface area contributed by atoms with Gasteiger partial charge in [0.05, 0.1) is 90.8 Å². The predicted molar refractivity (Wildman–Crippen MR) is 471 cm³/mol. The van der Waals surface area contributed by atoms with Crippen molar-refractivity contribution >= 4 is 180 Å². The average Bonchev–Trinajstić information content (AvgIpc) is 1.59. The van der Waals surface area contributed by atoms with Crippen molar-refractivity contribution in [1.29, 1.82) is 0 Å². The second-order valence-corrected chi connectivity index (χ2v) is 36.2. The molecule has 0 bridgehead atoms. The molecule has 9 aromatic heterocycles. The Balaban J connectivity index is 0.000000214. The summed E-state index contributed by atoms with van der Waals surface area (Å²) in [6, 6.07) is 0. The molecule has 9 aromatic rings. The second kappa shape index (κ2) is 42.8. The number of carbonyl (C=O) groups is 9. The highest BCUT2D eigenvalue weighted by atomic mass is 35.5. The minimum absolute atomic E-state index is 0.0147. The smallest absolute Gasteiger partial charge is 0.425 e. The topological polar surface area (TPSA) is 593 Å². The van der Waals surface area contributed by atoms with Crippen LogP contribution in [0.25, 0.3) is 39.0 Å². The van der Waals surface area contributed by atoms with E-state index in [0.717, 1.165) is 0 Å². The molecule has 0 aromatic carbocycles. The summed E-state index contributed by atoms with van der Waals surface area (Å²) in [5, 5.41) is 44.9. The summed E-state index contributed by atoms with van der Waals surface area (Å²) < 4.78 is 76.7. The van der Waals surface area contributed by atoms with Gasteiger partial charge in [-0.1, -0.05) is 17.8 Å². The van der Waals surface area contributed by atoms with E-state index in [9.17, 15) is 63.6 Å². The van der Waals surface area contributed by atoms with Crippen molar-refractivity contribution in [3.63, 3.8) is 0 Å². The van der Waals surface area contributed by atoms with Crippen LogP contribution in [0.3, 0.4) is 0 Å². The number of nitrogens with two attached hydrogens (primary N) is 1. The summed E-state index contributed by atoms with van der Waals surface area (Å²) in [6.07, 6.45) is 3.54. The van der Waals surface area contributed by atoms with Gasteiger partial charge in [-0.3, -0.25) is 23.3 Å². The molecule has 12 heterocycles. The molecule has 0 radical (unpaired) electrons. The molecule has 0 spiro atoms. The molecule has 0 aliphatic carbocycles. The van der Waals surface area contributed by atoms with Crippen molar-refractivity contribution in [2.75, 3.05) is 48.6 Å². The third-order valence-electron chi connectivity index (χ3n) is 18.7. The molecule has 6 N–H and O–H groups in total. The molecule has 2 unspecified atom stereocenters. The summed E-state index contributed by atoms with van der Waals surface area (Å²) in [4.78, 5) is 167. The van der Waals surface area contributed by atoms with E-state index in [0.29, 0.717) is 21.2 Å². The minimum atomic E-state index is -2.20. The highest BCUT2D eigenvalue weighted by molar-refractivity contribution is 7.08. The van der Waals surface area contributed by atoms with E-state index < -0.39 is 174 Å². The molecular formula is C81H93Cl3N20O26S3. The van der Waals surface area contributed by atoms with Gasteiger partial charge in [-0.2, -0.15) is 44.5 Å². The van der Waals surface area contributed by atoms with E-state index in [1.165, 1.54) is 91.4 Å². The van der Waals surface area contributed by atoms with Crippen LogP contribution in [0.5, 0.6) is 0 Å². The monoisotopic (exact) mass is 1960 g/mol. The number of thiazole rings is 3. The Morgan fingerprint density at radius 3 is 1.33 bits per heavy atom. The van der Waals surface area contributed by atoms with Crippen molar-refractivity contribution in [2.45, 2.75) is 220 Å². The van der Waals surface area contributed by atoms with E-state index in [-0.39, 0.29) is 98.0 Å². The number of hydrogen-bond acceptors (Lipinski definition) is 41. The average molecular weight is 1970 g/mol. The lowest BCUT2D eigenvalue weighted by molar-refractivity contribution is -0.162. The number of carbonyl (C=O) groups excluding carboxylic acids is 8. The van der Waals surface area contributed by atoms with Crippen molar-refractivity contribution < 1.29 is 130 Å². The van der Waals surface area contributed by atoms with E-state index in [2.05, 4.69) is 87.1 Å². The first-order chi connectivity index (χ1) is 62.3. The third-order valence-corrected chi connectivity index (χ3v) is 21.0. The lowest BCUT2D eigenvalue weighted by Crippen LogP contribution is -2.48. The van der Waals surface area contributed by atoms with Crippen molar-refractivity contribution in [3.05, 3.63) is 90.1 Å². The maximum absolute atomic E-state index is 13.5. The van der Waals surface area contributed by atoms with Gasteiger partial charge in [0.15, 0.2) is 99.8 Å². The van der Waals surface area contributed by atoms with E-state index >= 15 is 0 Å². The van der Waals surface area contributed by atoms with E-state index in [4.69, 9.17) is 122 Å². The molecule has 3 aliphatic heterocycles. The minimum Gasteiger partial charge on any atom is -0.479 e.